The first kappa shape index (κ1) is 13.8. The lowest BCUT2D eigenvalue weighted by molar-refractivity contribution is -0.120. The Bertz CT molecular complexity index is 421. The van der Waals surface area contributed by atoms with E-state index in [4.69, 9.17) is 22.1 Å². The van der Waals surface area contributed by atoms with Crippen LogP contribution >= 0.6 is 11.6 Å². The molecule has 0 aliphatic heterocycles. The molecule has 1 rings (SSSR count). The van der Waals surface area contributed by atoms with Crippen LogP contribution in [0.15, 0.2) is 12.1 Å². The standard InChI is InChI=1S/C12H17ClN2O2/c1-7-4-11(17-3)10(13)5-9(7)8(2)15-12(16)6-14/h4-5,8H,6,14H2,1-3H3,(H,15,16). The number of rotatable bonds is 4. The van der Waals surface area contributed by atoms with Crippen molar-refractivity contribution in [3.05, 3.63) is 28.3 Å². The van der Waals surface area contributed by atoms with Gasteiger partial charge in [0.25, 0.3) is 0 Å². The van der Waals surface area contributed by atoms with E-state index in [1.54, 1.807) is 13.2 Å². The Balaban J connectivity index is 2.98. The van der Waals surface area contributed by atoms with Crippen molar-refractivity contribution in [2.45, 2.75) is 19.9 Å². The number of ether oxygens (including phenoxy) is 1. The molecule has 0 spiro atoms. The van der Waals surface area contributed by atoms with Gasteiger partial charge in [-0.05, 0) is 37.1 Å². The summed E-state index contributed by atoms with van der Waals surface area (Å²) in [7, 11) is 1.57. The number of hydrogen-bond acceptors (Lipinski definition) is 3. The average Bonchev–Trinajstić information content (AvgIpc) is 2.31. The monoisotopic (exact) mass is 256 g/mol. The minimum atomic E-state index is -0.191. The maximum absolute atomic E-state index is 11.2. The van der Waals surface area contributed by atoms with Gasteiger partial charge in [-0.15, -0.1) is 0 Å². The number of amides is 1. The highest BCUT2D eigenvalue weighted by molar-refractivity contribution is 6.32. The van der Waals surface area contributed by atoms with Gasteiger partial charge < -0.3 is 15.8 Å². The Kier molecular flexibility index (Phi) is 4.78. The number of carbonyl (C=O) groups excluding carboxylic acids is 1. The number of methoxy groups -OCH3 is 1. The second kappa shape index (κ2) is 5.89. The van der Waals surface area contributed by atoms with Gasteiger partial charge in [0.1, 0.15) is 5.75 Å². The maximum atomic E-state index is 11.2. The molecule has 1 aromatic carbocycles. The van der Waals surface area contributed by atoms with Gasteiger partial charge in [0, 0.05) is 0 Å². The predicted molar refractivity (Wildman–Crippen MR) is 68.4 cm³/mol. The van der Waals surface area contributed by atoms with Crippen LogP contribution in [0.25, 0.3) is 0 Å². The van der Waals surface area contributed by atoms with Gasteiger partial charge in [0.2, 0.25) is 5.91 Å². The highest BCUT2D eigenvalue weighted by atomic mass is 35.5. The second-order valence-electron chi connectivity index (χ2n) is 3.84. The van der Waals surface area contributed by atoms with E-state index in [0.29, 0.717) is 10.8 Å². The quantitative estimate of drug-likeness (QED) is 0.863. The first-order valence-electron chi connectivity index (χ1n) is 5.33. The Morgan fingerprint density at radius 3 is 2.76 bits per heavy atom. The third-order valence-corrected chi connectivity index (χ3v) is 2.87. The van der Waals surface area contributed by atoms with Crippen molar-refractivity contribution in [1.29, 1.82) is 0 Å². The zero-order chi connectivity index (χ0) is 13.0. The number of benzene rings is 1. The molecule has 1 atom stereocenters. The fourth-order valence-electron chi connectivity index (χ4n) is 1.67. The van der Waals surface area contributed by atoms with Gasteiger partial charge in [-0.2, -0.15) is 0 Å². The van der Waals surface area contributed by atoms with E-state index in [-0.39, 0.29) is 18.5 Å². The van der Waals surface area contributed by atoms with Crippen LogP contribution in [-0.2, 0) is 4.79 Å². The summed E-state index contributed by atoms with van der Waals surface area (Å²) < 4.78 is 5.12. The Morgan fingerprint density at radius 1 is 1.59 bits per heavy atom. The summed E-state index contributed by atoms with van der Waals surface area (Å²) in [6.45, 7) is 3.81. The molecule has 0 heterocycles. The highest BCUT2D eigenvalue weighted by Gasteiger charge is 2.13. The van der Waals surface area contributed by atoms with Crippen LogP contribution in [0.1, 0.15) is 24.1 Å². The van der Waals surface area contributed by atoms with E-state index in [1.807, 2.05) is 19.9 Å². The van der Waals surface area contributed by atoms with E-state index < -0.39 is 0 Å². The van der Waals surface area contributed by atoms with Gasteiger partial charge in [-0.3, -0.25) is 4.79 Å². The normalized spacial score (nSPS) is 12.1. The van der Waals surface area contributed by atoms with Crippen LogP contribution in [0.3, 0.4) is 0 Å². The topological polar surface area (TPSA) is 64.3 Å². The molecule has 0 fully saturated rings. The van der Waals surface area contributed by atoms with Gasteiger partial charge in [-0.25, -0.2) is 0 Å². The van der Waals surface area contributed by atoms with Crippen molar-refractivity contribution in [2.75, 3.05) is 13.7 Å². The van der Waals surface area contributed by atoms with E-state index in [0.717, 1.165) is 11.1 Å². The van der Waals surface area contributed by atoms with Gasteiger partial charge >= 0.3 is 0 Å². The Morgan fingerprint density at radius 2 is 2.24 bits per heavy atom. The summed E-state index contributed by atoms with van der Waals surface area (Å²) in [5, 5.41) is 3.32. The maximum Gasteiger partial charge on any atom is 0.234 e. The molecule has 17 heavy (non-hydrogen) atoms. The van der Waals surface area contributed by atoms with E-state index in [2.05, 4.69) is 5.32 Å². The molecule has 1 amide bonds. The Hall–Kier alpha value is -1.26. The van der Waals surface area contributed by atoms with Crippen molar-refractivity contribution in [3.8, 4) is 5.75 Å². The molecular weight excluding hydrogens is 240 g/mol. The van der Waals surface area contributed by atoms with Gasteiger partial charge in [0.05, 0.1) is 24.7 Å². The zero-order valence-electron chi connectivity index (χ0n) is 10.2. The third kappa shape index (κ3) is 3.35. The fraction of sp³-hybridized carbons (Fsp3) is 0.417. The SMILES string of the molecule is COc1cc(C)c(C(C)NC(=O)CN)cc1Cl. The average molecular weight is 257 g/mol. The first-order chi connectivity index (χ1) is 7.99. The minimum Gasteiger partial charge on any atom is -0.495 e. The smallest absolute Gasteiger partial charge is 0.234 e. The summed E-state index contributed by atoms with van der Waals surface area (Å²) in [6, 6.07) is 3.52. The van der Waals surface area contributed by atoms with Crippen molar-refractivity contribution < 1.29 is 9.53 Å². The molecule has 94 valence electrons. The molecule has 0 aromatic heterocycles. The largest absolute Gasteiger partial charge is 0.495 e. The van der Waals surface area contributed by atoms with Crippen molar-refractivity contribution in [1.82, 2.24) is 5.32 Å². The van der Waals surface area contributed by atoms with E-state index >= 15 is 0 Å². The third-order valence-electron chi connectivity index (χ3n) is 2.57. The van der Waals surface area contributed by atoms with Crippen LogP contribution in [0.2, 0.25) is 5.02 Å². The Labute approximate surface area is 106 Å². The van der Waals surface area contributed by atoms with Crippen molar-refractivity contribution in [3.63, 3.8) is 0 Å². The van der Waals surface area contributed by atoms with E-state index in [1.165, 1.54) is 0 Å². The molecule has 3 N–H and O–H groups in total. The highest BCUT2D eigenvalue weighted by Crippen LogP contribution is 2.30. The van der Waals surface area contributed by atoms with Crippen LogP contribution in [0.4, 0.5) is 0 Å². The lowest BCUT2D eigenvalue weighted by Gasteiger charge is -2.17. The molecule has 0 saturated carbocycles. The van der Waals surface area contributed by atoms with Gasteiger partial charge in [0.15, 0.2) is 0 Å². The number of aryl methyl sites for hydroxylation is 1. The lowest BCUT2D eigenvalue weighted by atomic mass is 10.0. The number of hydrogen-bond donors (Lipinski definition) is 2. The molecule has 5 heteroatoms. The fourth-order valence-corrected chi connectivity index (χ4v) is 1.92. The summed E-state index contributed by atoms with van der Waals surface area (Å²) in [5.41, 5.74) is 7.22. The molecule has 1 aromatic rings. The molecule has 0 radical (unpaired) electrons. The van der Waals surface area contributed by atoms with Crippen molar-refractivity contribution >= 4 is 17.5 Å². The summed E-state index contributed by atoms with van der Waals surface area (Å²) >= 11 is 6.05. The molecular formula is C12H17ClN2O2. The summed E-state index contributed by atoms with van der Waals surface area (Å²) in [5.74, 6) is 0.439. The summed E-state index contributed by atoms with van der Waals surface area (Å²) in [6.07, 6.45) is 0. The lowest BCUT2D eigenvalue weighted by Crippen LogP contribution is -2.32. The molecule has 4 nitrogen and oxygen atoms in total. The van der Waals surface area contributed by atoms with Crippen LogP contribution in [0, 0.1) is 6.92 Å². The first-order valence-corrected chi connectivity index (χ1v) is 5.70. The van der Waals surface area contributed by atoms with Crippen molar-refractivity contribution in [2.24, 2.45) is 5.73 Å². The molecule has 0 aliphatic carbocycles. The number of nitrogens with one attached hydrogen (secondary N) is 1. The van der Waals surface area contributed by atoms with E-state index in [9.17, 15) is 4.79 Å². The zero-order valence-corrected chi connectivity index (χ0v) is 11.0. The van der Waals surface area contributed by atoms with Crippen LogP contribution in [0.5, 0.6) is 5.75 Å². The molecule has 0 bridgehead atoms. The molecule has 1 unspecified atom stereocenters. The minimum absolute atomic E-state index is 0.0206. The van der Waals surface area contributed by atoms with Gasteiger partial charge in [-0.1, -0.05) is 11.6 Å². The number of nitrogens with two attached hydrogens (primary N) is 1. The summed E-state index contributed by atoms with van der Waals surface area (Å²) in [4.78, 5) is 11.2. The number of halogens is 1. The molecule has 0 saturated heterocycles. The second-order valence-corrected chi connectivity index (χ2v) is 4.24. The number of carbonyl (C=O) groups is 1. The molecule has 0 aliphatic rings. The predicted octanol–water partition coefficient (Wildman–Crippen LogP) is 1.79. The van der Waals surface area contributed by atoms with Crippen LogP contribution < -0.4 is 15.8 Å². The van der Waals surface area contributed by atoms with Crippen LogP contribution in [-0.4, -0.2) is 19.6 Å².